The van der Waals surface area contributed by atoms with E-state index in [1.54, 1.807) is 30.3 Å². The number of aliphatic hydroxyl groups is 1. The largest absolute Gasteiger partial charge is 0.508 e. The second-order valence-corrected chi connectivity index (χ2v) is 8.34. The molecule has 32 heavy (non-hydrogen) atoms. The van der Waals surface area contributed by atoms with E-state index in [9.17, 15) is 20.1 Å². The van der Waals surface area contributed by atoms with Gasteiger partial charge in [-0.25, -0.2) is 0 Å². The molecule has 0 aliphatic carbocycles. The maximum atomic E-state index is 12.6. The molecule has 2 unspecified atom stereocenters. The molecule has 0 spiro atoms. The number of phenols is 2. The van der Waals surface area contributed by atoms with Gasteiger partial charge in [0.1, 0.15) is 47.4 Å². The van der Waals surface area contributed by atoms with Gasteiger partial charge in [-0.05, 0) is 24.2 Å². The average Bonchev–Trinajstić information content (AvgIpc) is 2.78. The molecule has 0 bridgehead atoms. The highest BCUT2D eigenvalue weighted by molar-refractivity contribution is 6.02. The molecule has 1 saturated heterocycles. The lowest BCUT2D eigenvalue weighted by Gasteiger charge is -2.34. The van der Waals surface area contributed by atoms with Gasteiger partial charge >= 0.3 is 0 Å². The molecule has 0 amide bonds. The summed E-state index contributed by atoms with van der Waals surface area (Å²) in [5.74, 6) is 0.293. The lowest BCUT2D eigenvalue weighted by atomic mass is 9.95. The Hall–Kier alpha value is -2.81. The van der Waals surface area contributed by atoms with E-state index in [0.717, 1.165) is 38.3 Å². The van der Waals surface area contributed by atoms with E-state index in [1.165, 1.54) is 6.07 Å². The first-order valence-electron chi connectivity index (χ1n) is 11.0. The van der Waals surface area contributed by atoms with Crippen LogP contribution < -0.4 is 9.47 Å². The molecule has 0 saturated carbocycles. The van der Waals surface area contributed by atoms with Crippen molar-refractivity contribution in [2.75, 3.05) is 45.9 Å². The second-order valence-electron chi connectivity index (χ2n) is 8.34. The first-order valence-corrected chi connectivity index (χ1v) is 11.0. The van der Waals surface area contributed by atoms with Gasteiger partial charge in [-0.3, -0.25) is 9.69 Å². The van der Waals surface area contributed by atoms with Crippen molar-refractivity contribution in [1.29, 1.82) is 0 Å². The average molecular weight is 443 g/mol. The van der Waals surface area contributed by atoms with Crippen LogP contribution in [0.25, 0.3) is 0 Å². The van der Waals surface area contributed by atoms with E-state index in [0.29, 0.717) is 12.3 Å². The van der Waals surface area contributed by atoms with Crippen molar-refractivity contribution in [3.63, 3.8) is 0 Å². The van der Waals surface area contributed by atoms with Crippen molar-refractivity contribution >= 4 is 5.78 Å². The van der Waals surface area contributed by atoms with Crippen molar-refractivity contribution < 1.29 is 29.6 Å². The number of β-amino-alcohol motifs (C(OH)–C–C–N with tert-alkyl or cyclic N) is 1. The van der Waals surface area contributed by atoms with E-state index in [2.05, 4.69) is 16.7 Å². The van der Waals surface area contributed by atoms with Gasteiger partial charge in [0.15, 0.2) is 5.78 Å². The van der Waals surface area contributed by atoms with Crippen LogP contribution in [0.1, 0.15) is 35.4 Å². The number of fused-ring (bicyclic) bond motifs is 1. The lowest BCUT2D eigenvalue weighted by Crippen LogP contribution is -2.49. The molecule has 2 heterocycles. The van der Waals surface area contributed by atoms with Gasteiger partial charge in [-0.2, -0.15) is 0 Å². The maximum absolute atomic E-state index is 12.6. The number of piperazine rings is 1. The van der Waals surface area contributed by atoms with E-state index in [-0.39, 0.29) is 41.6 Å². The summed E-state index contributed by atoms with van der Waals surface area (Å²) < 4.78 is 11.7. The molecule has 0 radical (unpaired) electrons. The van der Waals surface area contributed by atoms with Crippen molar-refractivity contribution in [2.24, 2.45) is 0 Å². The summed E-state index contributed by atoms with van der Waals surface area (Å²) in [5.41, 5.74) is 0.896. The monoisotopic (exact) mass is 442 g/mol. The standard InChI is InChI=1S/C24H30N2O6/c1-2-25-7-9-26(10-8-25)14-18(28)15-31-19-11-20(29)24-21(30)13-22(32-23(24)12-19)16-3-5-17(27)6-4-16/h3-6,11-12,18,22,27-29H,2,7-10,13-15H2,1H3. The molecule has 1 fully saturated rings. The number of ether oxygens (including phenoxy) is 2. The fourth-order valence-corrected chi connectivity index (χ4v) is 4.20. The third-order valence-corrected chi connectivity index (χ3v) is 6.06. The highest BCUT2D eigenvalue weighted by atomic mass is 16.5. The molecule has 2 atom stereocenters. The quantitative estimate of drug-likeness (QED) is 0.600. The van der Waals surface area contributed by atoms with Crippen LogP contribution in [0, 0.1) is 0 Å². The van der Waals surface area contributed by atoms with Crippen molar-refractivity contribution in [3.8, 4) is 23.0 Å². The Labute approximate surface area is 187 Å². The number of aromatic hydroxyl groups is 2. The number of rotatable bonds is 7. The molecule has 2 aliphatic heterocycles. The third-order valence-electron chi connectivity index (χ3n) is 6.06. The Balaban J connectivity index is 1.39. The molecule has 172 valence electrons. The predicted molar refractivity (Wildman–Crippen MR) is 119 cm³/mol. The highest BCUT2D eigenvalue weighted by Crippen LogP contribution is 2.42. The zero-order valence-electron chi connectivity index (χ0n) is 18.2. The topological polar surface area (TPSA) is 103 Å². The Bertz CT molecular complexity index is 940. The molecule has 8 nitrogen and oxygen atoms in total. The van der Waals surface area contributed by atoms with E-state index in [4.69, 9.17) is 9.47 Å². The summed E-state index contributed by atoms with van der Waals surface area (Å²) in [6.07, 6.45) is -1.10. The van der Waals surface area contributed by atoms with Crippen LogP contribution in [-0.4, -0.2) is 82.9 Å². The summed E-state index contributed by atoms with van der Waals surface area (Å²) in [7, 11) is 0. The van der Waals surface area contributed by atoms with Crippen molar-refractivity contribution in [1.82, 2.24) is 9.80 Å². The van der Waals surface area contributed by atoms with Gasteiger partial charge in [0.05, 0.1) is 6.42 Å². The Kier molecular flexibility index (Phi) is 6.83. The van der Waals surface area contributed by atoms with Crippen LogP contribution in [0.15, 0.2) is 36.4 Å². The minimum absolute atomic E-state index is 0.0710. The summed E-state index contributed by atoms with van der Waals surface area (Å²) in [6.45, 7) is 7.61. The molecular formula is C24H30N2O6. The minimum atomic E-state index is -0.673. The molecule has 0 aromatic heterocycles. The third kappa shape index (κ3) is 5.15. The Morgan fingerprint density at radius 1 is 1.09 bits per heavy atom. The molecule has 4 rings (SSSR count). The van der Waals surface area contributed by atoms with Gasteiger partial charge in [-0.15, -0.1) is 0 Å². The highest BCUT2D eigenvalue weighted by Gasteiger charge is 2.31. The molecule has 8 heteroatoms. The number of phenolic OH excluding ortho intramolecular Hbond substituents is 2. The number of carbonyl (C=O) groups excluding carboxylic acids is 1. The van der Waals surface area contributed by atoms with Gasteiger partial charge in [0, 0.05) is 44.9 Å². The predicted octanol–water partition coefficient (Wildman–Crippen LogP) is 2.18. The number of hydrogen-bond acceptors (Lipinski definition) is 8. The SMILES string of the molecule is CCN1CCN(CC(O)COc2cc(O)c3c(c2)OC(c2ccc(O)cc2)CC3=O)CC1. The molecule has 2 aliphatic rings. The number of Topliss-reactive ketones (excluding diaryl/α,β-unsaturated/α-hetero) is 1. The fraction of sp³-hybridized carbons (Fsp3) is 0.458. The number of ketones is 1. The fourth-order valence-electron chi connectivity index (χ4n) is 4.20. The van der Waals surface area contributed by atoms with Crippen molar-refractivity contribution in [3.05, 3.63) is 47.5 Å². The smallest absolute Gasteiger partial charge is 0.174 e. The number of hydrogen-bond donors (Lipinski definition) is 3. The number of benzene rings is 2. The summed E-state index contributed by atoms with van der Waals surface area (Å²) >= 11 is 0. The summed E-state index contributed by atoms with van der Waals surface area (Å²) in [4.78, 5) is 17.2. The number of likely N-dealkylation sites (N-methyl/N-ethyl adjacent to an activating group) is 1. The van der Waals surface area contributed by atoms with Gasteiger partial charge < -0.3 is 29.7 Å². The van der Waals surface area contributed by atoms with Crippen LogP contribution in [0.5, 0.6) is 23.0 Å². The van der Waals surface area contributed by atoms with Gasteiger partial charge in [0.2, 0.25) is 0 Å². The molecule has 2 aromatic carbocycles. The second kappa shape index (κ2) is 9.77. The zero-order valence-corrected chi connectivity index (χ0v) is 18.2. The maximum Gasteiger partial charge on any atom is 0.174 e. The van der Waals surface area contributed by atoms with E-state index < -0.39 is 12.2 Å². The van der Waals surface area contributed by atoms with Crippen LogP contribution in [-0.2, 0) is 0 Å². The summed E-state index contributed by atoms with van der Waals surface area (Å²) in [5, 5.41) is 30.3. The first kappa shape index (κ1) is 22.4. The summed E-state index contributed by atoms with van der Waals surface area (Å²) in [6, 6.07) is 9.45. The minimum Gasteiger partial charge on any atom is -0.508 e. The van der Waals surface area contributed by atoms with Crippen molar-refractivity contribution in [2.45, 2.75) is 25.6 Å². The molecular weight excluding hydrogens is 412 g/mol. The number of aliphatic hydroxyl groups excluding tert-OH is 1. The number of carbonyl (C=O) groups is 1. The zero-order chi connectivity index (χ0) is 22.7. The van der Waals surface area contributed by atoms with E-state index in [1.807, 2.05) is 0 Å². The van der Waals surface area contributed by atoms with Crippen LogP contribution >= 0.6 is 0 Å². The Morgan fingerprint density at radius 2 is 1.78 bits per heavy atom. The first-order chi connectivity index (χ1) is 15.4. The molecule has 2 aromatic rings. The van der Waals surface area contributed by atoms with Crippen LogP contribution in [0.4, 0.5) is 0 Å². The molecule has 3 N–H and O–H groups in total. The number of nitrogens with zero attached hydrogens (tertiary/aromatic N) is 2. The van der Waals surface area contributed by atoms with Crippen LogP contribution in [0.2, 0.25) is 0 Å². The van der Waals surface area contributed by atoms with Gasteiger partial charge in [0.25, 0.3) is 0 Å². The van der Waals surface area contributed by atoms with E-state index >= 15 is 0 Å². The van der Waals surface area contributed by atoms with Crippen LogP contribution in [0.3, 0.4) is 0 Å². The Morgan fingerprint density at radius 3 is 2.47 bits per heavy atom. The normalized spacial score (nSPS) is 20.4. The lowest BCUT2D eigenvalue weighted by molar-refractivity contribution is 0.0468. The van der Waals surface area contributed by atoms with Gasteiger partial charge in [-0.1, -0.05) is 19.1 Å².